The number of hydrogen-bond acceptors (Lipinski definition) is 4. The number of amides is 1. The Kier molecular flexibility index (Phi) is 7.71. The van der Waals surface area contributed by atoms with Crippen LogP contribution in [0.1, 0.15) is 34.6 Å². The van der Waals surface area contributed by atoms with Crippen LogP contribution in [0.15, 0.2) is 134 Å². The average Bonchev–Trinajstić information content (AvgIpc) is 3.68. The zero-order valence-corrected chi connectivity index (χ0v) is 24.2. The van der Waals surface area contributed by atoms with Crippen molar-refractivity contribution in [2.75, 3.05) is 6.79 Å². The molecule has 218 valence electrons. The maximum atomic E-state index is 13.6. The van der Waals surface area contributed by atoms with Gasteiger partial charge in [-0.25, -0.2) is 0 Å². The van der Waals surface area contributed by atoms with E-state index in [1.807, 2.05) is 72.8 Å². The molecule has 0 saturated heterocycles. The largest absolute Gasteiger partial charge is 0.457 e. The normalized spacial score (nSPS) is 12.6. The third-order valence-electron chi connectivity index (χ3n) is 7.95. The number of aromatic nitrogens is 1. The lowest BCUT2D eigenvalue weighted by Gasteiger charge is -2.18. The highest BCUT2D eigenvalue weighted by atomic mass is 16.7. The zero-order chi connectivity index (χ0) is 29.7. The van der Waals surface area contributed by atoms with Crippen LogP contribution in [0.3, 0.4) is 0 Å². The molecule has 0 spiro atoms. The predicted molar refractivity (Wildman–Crippen MR) is 171 cm³/mol. The molecule has 5 aromatic carbocycles. The number of hydrogen-bond donors (Lipinski definition) is 1. The van der Waals surface area contributed by atoms with Gasteiger partial charge >= 0.3 is 0 Å². The van der Waals surface area contributed by atoms with E-state index in [4.69, 9.17) is 14.2 Å². The van der Waals surface area contributed by atoms with Gasteiger partial charge in [-0.05, 0) is 64.7 Å². The second kappa shape index (κ2) is 12.4. The van der Waals surface area contributed by atoms with Crippen molar-refractivity contribution in [3.05, 3.63) is 156 Å². The summed E-state index contributed by atoms with van der Waals surface area (Å²) in [5.41, 5.74) is 5.42. The summed E-state index contributed by atoms with van der Waals surface area (Å²) < 4.78 is 19.4. The van der Waals surface area contributed by atoms with Gasteiger partial charge in [0, 0.05) is 42.5 Å². The number of ether oxygens (including phenoxy) is 3. The van der Waals surface area contributed by atoms with E-state index in [-0.39, 0.29) is 25.0 Å². The first-order chi connectivity index (χ1) is 21.7. The van der Waals surface area contributed by atoms with Crippen LogP contribution < -0.4 is 19.5 Å². The highest BCUT2D eigenvalue weighted by Gasteiger charge is 2.24. The van der Waals surface area contributed by atoms with E-state index in [1.54, 1.807) is 0 Å². The summed E-state index contributed by atoms with van der Waals surface area (Å²) in [7, 11) is 0. The molecule has 6 aromatic rings. The topological polar surface area (TPSA) is 61.7 Å². The Labute approximate surface area is 256 Å². The van der Waals surface area contributed by atoms with Crippen LogP contribution in [0.2, 0.25) is 0 Å². The second-order valence-electron chi connectivity index (χ2n) is 10.9. The molecule has 2 heterocycles. The third kappa shape index (κ3) is 6.01. The van der Waals surface area contributed by atoms with E-state index in [0.29, 0.717) is 12.3 Å². The number of para-hydroxylation sites is 2. The molecule has 6 heteroatoms. The van der Waals surface area contributed by atoms with Gasteiger partial charge in [-0.2, -0.15) is 0 Å². The maximum absolute atomic E-state index is 13.6. The van der Waals surface area contributed by atoms with Gasteiger partial charge < -0.3 is 24.1 Å². The minimum absolute atomic E-state index is 0.0399. The Morgan fingerprint density at radius 1 is 0.750 bits per heavy atom. The van der Waals surface area contributed by atoms with Gasteiger partial charge in [0.1, 0.15) is 11.5 Å². The molecule has 1 N–H and O–H groups in total. The Bertz CT molecular complexity index is 1900. The van der Waals surface area contributed by atoms with Gasteiger partial charge in [0.2, 0.25) is 12.7 Å². The number of fused-ring (bicyclic) bond motifs is 2. The fourth-order valence-electron chi connectivity index (χ4n) is 5.80. The lowest BCUT2D eigenvalue weighted by molar-refractivity contribution is -0.121. The van der Waals surface area contributed by atoms with Crippen molar-refractivity contribution in [1.29, 1.82) is 0 Å². The lowest BCUT2D eigenvalue weighted by atomic mass is 9.88. The molecule has 1 aromatic heterocycles. The van der Waals surface area contributed by atoms with Gasteiger partial charge in [0.25, 0.3) is 0 Å². The third-order valence-corrected chi connectivity index (χ3v) is 7.95. The lowest BCUT2D eigenvalue weighted by Crippen LogP contribution is -2.25. The molecule has 0 aliphatic carbocycles. The fraction of sp³-hybridized carbons (Fsp3) is 0.132. The summed E-state index contributed by atoms with van der Waals surface area (Å²) in [5, 5.41) is 4.27. The van der Waals surface area contributed by atoms with E-state index in [9.17, 15) is 4.79 Å². The molecule has 1 atom stereocenters. The highest BCUT2D eigenvalue weighted by molar-refractivity contribution is 5.87. The first kappa shape index (κ1) is 27.3. The van der Waals surface area contributed by atoms with Crippen LogP contribution >= 0.6 is 0 Å². The quantitative estimate of drug-likeness (QED) is 0.178. The molecule has 0 unspecified atom stereocenters. The van der Waals surface area contributed by atoms with Gasteiger partial charge in [0.15, 0.2) is 11.5 Å². The Morgan fingerprint density at radius 2 is 1.50 bits per heavy atom. The molecule has 0 fully saturated rings. The predicted octanol–water partition coefficient (Wildman–Crippen LogP) is 8.05. The Morgan fingerprint density at radius 3 is 2.36 bits per heavy atom. The molecular weight excluding hydrogens is 548 g/mol. The first-order valence-corrected chi connectivity index (χ1v) is 14.8. The zero-order valence-electron chi connectivity index (χ0n) is 24.2. The van der Waals surface area contributed by atoms with Crippen LogP contribution in [0.25, 0.3) is 10.9 Å². The molecule has 7 rings (SSSR count). The molecule has 0 bridgehead atoms. The molecule has 0 radical (unpaired) electrons. The van der Waals surface area contributed by atoms with Crippen molar-refractivity contribution in [1.82, 2.24) is 9.88 Å². The summed E-state index contributed by atoms with van der Waals surface area (Å²) in [6.45, 7) is 1.36. The smallest absolute Gasteiger partial charge is 0.231 e. The van der Waals surface area contributed by atoms with Crippen molar-refractivity contribution < 1.29 is 19.0 Å². The standard InChI is InChI=1S/C38H32N2O4/c41-38(39-23-28-18-19-36-37(20-28)43-26-42-36)22-33(29-12-9-15-31(21-29)44-30-13-5-2-6-14-30)34-25-40(24-27-10-3-1-4-11-27)35-17-8-7-16-32(34)35/h1-21,25,33H,22-24,26H2,(H,39,41)/t33-/m1/s1. The maximum Gasteiger partial charge on any atom is 0.231 e. The number of rotatable bonds is 10. The number of benzene rings is 5. The Hall–Kier alpha value is -5.49. The summed E-state index contributed by atoms with van der Waals surface area (Å²) in [4.78, 5) is 13.6. The highest BCUT2D eigenvalue weighted by Crippen LogP contribution is 2.37. The molecule has 1 aliphatic rings. The molecular formula is C38H32N2O4. The molecule has 0 saturated carbocycles. The van der Waals surface area contributed by atoms with Gasteiger partial charge in [-0.15, -0.1) is 0 Å². The second-order valence-corrected chi connectivity index (χ2v) is 10.9. The van der Waals surface area contributed by atoms with E-state index in [1.165, 1.54) is 5.56 Å². The van der Waals surface area contributed by atoms with E-state index >= 15 is 0 Å². The van der Waals surface area contributed by atoms with Crippen molar-refractivity contribution >= 4 is 16.8 Å². The van der Waals surface area contributed by atoms with Gasteiger partial charge in [-0.3, -0.25) is 4.79 Å². The monoisotopic (exact) mass is 580 g/mol. The molecule has 1 amide bonds. The van der Waals surface area contributed by atoms with Crippen LogP contribution in [0, 0.1) is 0 Å². The van der Waals surface area contributed by atoms with Crippen LogP contribution in [-0.4, -0.2) is 17.3 Å². The SMILES string of the molecule is O=C(C[C@H](c1cccc(Oc2ccccc2)c1)c1cn(Cc2ccccc2)c2ccccc12)NCc1ccc2c(c1)OCO2. The number of nitrogens with one attached hydrogen (secondary N) is 1. The van der Waals surface area contributed by atoms with Crippen molar-refractivity contribution in [2.24, 2.45) is 0 Å². The average molecular weight is 581 g/mol. The van der Waals surface area contributed by atoms with Gasteiger partial charge in [-0.1, -0.05) is 84.9 Å². The number of carbonyl (C=O) groups is 1. The van der Waals surface area contributed by atoms with Crippen molar-refractivity contribution in [2.45, 2.75) is 25.4 Å². The first-order valence-electron chi connectivity index (χ1n) is 14.8. The van der Waals surface area contributed by atoms with Crippen molar-refractivity contribution in [3.63, 3.8) is 0 Å². The summed E-state index contributed by atoms with van der Waals surface area (Å²) in [6, 6.07) is 42.4. The van der Waals surface area contributed by atoms with Crippen LogP contribution in [0.4, 0.5) is 0 Å². The van der Waals surface area contributed by atoms with Crippen LogP contribution in [0.5, 0.6) is 23.0 Å². The van der Waals surface area contributed by atoms with E-state index in [0.717, 1.165) is 51.4 Å². The molecule has 44 heavy (non-hydrogen) atoms. The molecule has 6 nitrogen and oxygen atoms in total. The van der Waals surface area contributed by atoms with Gasteiger partial charge in [0.05, 0.1) is 0 Å². The summed E-state index contributed by atoms with van der Waals surface area (Å²) in [5.74, 6) is 2.69. The molecule has 1 aliphatic heterocycles. The minimum Gasteiger partial charge on any atom is -0.457 e. The minimum atomic E-state index is -0.201. The Balaban J connectivity index is 1.21. The van der Waals surface area contributed by atoms with Crippen LogP contribution in [-0.2, 0) is 17.9 Å². The number of carbonyl (C=O) groups excluding carboxylic acids is 1. The fourth-order valence-corrected chi connectivity index (χ4v) is 5.80. The van der Waals surface area contributed by atoms with E-state index in [2.05, 4.69) is 70.7 Å². The van der Waals surface area contributed by atoms with Crippen molar-refractivity contribution in [3.8, 4) is 23.0 Å². The van der Waals surface area contributed by atoms with E-state index < -0.39 is 0 Å². The summed E-state index contributed by atoms with van der Waals surface area (Å²) >= 11 is 0. The summed E-state index contributed by atoms with van der Waals surface area (Å²) in [6.07, 6.45) is 2.48. The number of nitrogens with zero attached hydrogens (tertiary/aromatic N) is 1.